The van der Waals surface area contributed by atoms with Gasteiger partial charge in [-0.2, -0.15) is 0 Å². The molecular formula is C8H13NO4S. The molecule has 0 rings (SSSR count). The molecular weight excluding hydrogens is 206 g/mol. The summed E-state index contributed by atoms with van der Waals surface area (Å²) in [5.74, 6) is 3.91. The lowest BCUT2D eigenvalue weighted by Gasteiger charge is -2.08. The first kappa shape index (κ1) is 12.9. The minimum Gasteiger partial charge on any atom is -0.480 e. The third-order valence-electron chi connectivity index (χ3n) is 1.54. The molecule has 1 unspecified atom stereocenters. The Morgan fingerprint density at radius 1 is 1.57 bits per heavy atom. The van der Waals surface area contributed by atoms with Crippen LogP contribution in [0, 0.1) is 11.8 Å². The Bertz CT molecular complexity index is 349. The average Bonchev–Trinajstić information content (AvgIpc) is 2.11. The highest BCUT2D eigenvalue weighted by molar-refractivity contribution is 7.90. The molecule has 0 aromatic heterocycles. The summed E-state index contributed by atoms with van der Waals surface area (Å²) in [5.41, 5.74) is 0. The van der Waals surface area contributed by atoms with Gasteiger partial charge in [-0.25, -0.2) is 13.1 Å². The van der Waals surface area contributed by atoms with Crippen LogP contribution in [0.5, 0.6) is 0 Å². The summed E-state index contributed by atoms with van der Waals surface area (Å²) in [4.78, 5) is 10.4. The van der Waals surface area contributed by atoms with Crippen LogP contribution in [-0.4, -0.2) is 31.3 Å². The van der Waals surface area contributed by atoms with Crippen molar-refractivity contribution in [3.63, 3.8) is 0 Å². The fraction of sp³-hybridized carbons (Fsp3) is 0.625. The summed E-state index contributed by atoms with van der Waals surface area (Å²) < 4.78 is 24.6. The van der Waals surface area contributed by atoms with Crippen molar-refractivity contribution >= 4 is 16.0 Å². The molecule has 0 aromatic carbocycles. The number of aliphatic carboxylic acids is 1. The number of carboxylic acid groups (broad SMARTS) is 1. The van der Waals surface area contributed by atoms with Gasteiger partial charge >= 0.3 is 5.97 Å². The topological polar surface area (TPSA) is 83.5 Å². The monoisotopic (exact) mass is 219 g/mol. The van der Waals surface area contributed by atoms with E-state index >= 15 is 0 Å². The van der Waals surface area contributed by atoms with E-state index in [1.165, 1.54) is 0 Å². The maximum absolute atomic E-state index is 11.2. The maximum Gasteiger partial charge on any atom is 0.323 e. The Balaban J connectivity index is 4.20. The normalized spacial score (nSPS) is 12.7. The molecule has 0 radical (unpaired) electrons. The van der Waals surface area contributed by atoms with Gasteiger partial charge in [0, 0.05) is 13.0 Å². The molecule has 0 aromatic rings. The van der Waals surface area contributed by atoms with Crippen LogP contribution < -0.4 is 4.72 Å². The van der Waals surface area contributed by atoms with Gasteiger partial charge in [0.15, 0.2) is 5.25 Å². The van der Waals surface area contributed by atoms with E-state index < -0.39 is 21.2 Å². The molecule has 14 heavy (non-hydrogen) atoms. The molecule has 6 heteroatoms. The number of nitrogens with one attached hydrogen (secondary N) is 1. The molecule has 2 N–H and O–H groups in total. The Hall–Kier alpha value is -1.06. The summed E-state index contributed by atoms with van der Waals surface area (Å²) in [6, 6.07) is 0. The van der Waals surface area contributed by atoms with E-state index in [1.807, 2.05) is 0 Å². The van der Waals surface area contributed by atoms with E-state index in [1.54, 1.807) is 6.92 Å². The third kappa shape index (κ3) is 4.25. The van der Waals surface area contributed by atoms with Crippen molar-refractivity contribution in [2.45, 2.75) is 25.5 Å². The van der Waals surface area contributed by atoms with E-state index in [4.69, 9.17) is 5.11 Å². The van der Waals surface area contributed by atoms with Crippen LogP contribution in [0.25, 0.3) is 0 Å². The van der Waals surface area contributed by atoms with Crippen LogP contribution in [0.1, 0.15) is 20.3 Å². The van der Waals surface area contributed by atoms with Crippen LogP contribution in [0.3, 0.4) is 0 Å². The zero-order chi connectivity index (χ0) is 11.2. The lowest BCUT2D eigenvalue weighted by Crippen LogP contribution is -2.37. The number of hydrogen-bond donors (Lipinski definition) is 2. The Labute approximate surface area is 83.6 Å². The molecule has 0 aliphatic heterocycles. The molecule has 0 fully saturated rings. The van der Waals surface area contributed by atoms with Crippen LogP contribution in [0.15, 0.2) is 0 Å². The summed E-state index contributed by atoms with van der Waals surface area (Å²) >= 11 is 0. The Kier molecular flexibility index (Phi) is 5.20. The summed E-state index contributed by atoms with van der Waals surface area (Å²) in [6.45, 7) is 2.91. The van der Waals surface area contributed by atoms with E-state index in [2.05, 4.69) is 16.6 Å². The van der Waals surface area contributed by atoms with E-state index in [9.17, 15) is 13.2 Å². The van der Waals surface area contributed by atoms with Gasteiger partial charge in [0.25, 0.3) is 0 Å². The van der Waals surface area contributed by atoms with Crippen molar-refractivity contribution < 1.29 is 18.3 Å². The highest BCUT2D eigenvalue weighted by Gasteiger charge is 2.26. The second-order valence-electron chi connectivity index (χ2n) is 2.60. The predicted octanol–water partition coefficient (Wildman–Crippen LogP) is -0.208. The second kappa shape index (κ2) is 5.62. The van der Waals surface area contributed by atoms with Crippen molar-refractivity contribution in [3.05, 3.63) is 0 Å². The summed E-state index contributed by atoms with van der Waals surface area (Å²) in [7, 11) is -3.76. The summed E-state index contributed by atoms with van der Waals surface area (Å²) in [5, 5.41) is 7.04. The van der Waals surface area contributed by atoms with Crippen molar-refractivity contribution in [2.24, 2.45) is 0 Å². The van der Waals surface area contributed by atoms with Gasteiger partial charge in [0.1, 0.15) is 0 Å². The quantitative estimate of drug-likeness (QED) is 0.495. The largest absolute Gasteiger partial charge is 0.480 e. The number of sulfonamides is 1. The van der Waals surface area contributed by atoms with Crippen LogP contribution in [-0.2, 0) is 14.8 Å². The van der Waals surface area contributed by atoms with Crippen LogP contribution >= 0.6 is 0 Å². The molecule has 0 bridgehead atoms. The number of hydrogen-bond acceptors (Lipinski definition) is 3. The van der Waals surface area contributed by atoms with E-state index in [0.717, 1.165) is 6.92 Å². The molecule has 80 valence electrons. The lowest BCUT2D eigenvalue weighted by molar-refractivity contribution is -0.136. The Morgan fingerprint density at radius 2 is 2.14 bits per heavy atom. The number of carboxylic acids is 1. The van der Waals surface area contributed by atoms with Crippen molar-refractivity contribution in [1.82, 2.24) is 4.72 Å². The molecule has 5 nitrogen and oxygen atoms in total. The fourth-order valence-corrected chi connectivity index (χ4v) is 1.54. The molecule has 0 saturated heterocycles. The highest BCUT2D eigenvalue weighted by atomic mass is 32.2. The molecule has 1 atom stereocenters. The van der Waals surface area contributed by atoms with Gasteiger partial charge in [-0.05, 0) is 13.8 Å². The molecule has 0 saturated carbocycles. The first-order valence-electron chi connectivity index (χ1n) is 4.02. The van der Waals surface area contributed by atoms with Gasteiger partial charge in [-0.3, -0.25) is 4.79 Å². The zero-order valence-corrected chi connectivity index (χ0v) is 8.89. The van der Waals surface area contributed by atoms with Gasteiger partial charge in [-0.15, -0.1) is 11.8 Å². The molecule has 0 amide bonds. The molecule has 0 spiro atoms. The van der Waals surface area contributed by atoms with E-state index in [-0.39, 0.29) is 6.54 Å². The third-order valence-corrected chi connectivity index (χ3v) is 3.28. The van der Waals surface area contributed by atoms with Crippen LogP contribution in [0.4, 0.5) is 0 Å². The van der Waals surface area contributed by atoms with Gasteiger partial charge in [-0.1, -0.05) is 0 Å². The first-order chi connectivity index (χ1) is 6.41. The zero-order valence-electron chi connectivity index (χ0n) is 8.07. The van der Waals surface area contributed by atoms with Gasteiger partial charge in [0.2, 0.25) is 10.0 Å². The SMILES string of the molecule is CC#CCCNS(=O)(=O)C(C)C(=O)O. The van der Waals surface area contributed by atoms with Gasteiger partial charge in [0.05, 0.1) is 0 Å². The minimum absolute atomic E-state index is 0.140. The first-order valence-corrected chi connectivity index (χ1v) is 5.57. The Morgan fingerprint density at radius 3 is 2.57 bits per heavy atom. The van der Waals surface area contributed by atoms with Crippen molar-refractivity contribution in [3.8, 4) is 11.8 Å². The number of carbonyl (C=O) groups is 1. The van der Waals surface area contributed by atoms with Crippen LogP contribution in [0.2, 0.25) is 0 Å². The van der Waals surface area contributed by atoms with Crippen molar-refractivity contribution in [2.75, 3.05) is 6.54 Å². The molecule has 0 heterocycles. The number of rotatable bonds is 5. The standard InChI is InChI=1S/C8H13NO4S/c1-3-4-5-6-9-14(12,13)7(2)8(10)11/h7,9H,5-6H2,1-2H3,(H,10,11). The predicted molar refractivity (Wildman–Crippen MR) is 52.1 cm³/mol. The minimum atomic E-state index is -3.76. The smallest absolute Gasteiger partial charge is 0.323 e. The highest BCUT2D eigenvalue weighted by Crippen LogP contribution is 1.97. The second-order valence-corrected chi connectivity index (χ2v) is 4.68. The summed E-state index contributed by atoms with van der Waals surface area (Å²) in [6.07, 6.45) is 0.377. The maximum atomic E-state index is 11.2. The molecule has 0 aliphatic rings. The van der Waals surface area contributed by atoms with Crippen molar-refractivity contribution in [1.29, 1.82) is 0 Å². The lowest BCUT2D eigenvalue weighted by atomic mass is 10.4. The fourth-order valence-electron chi connectivity index (χ4n) is 0.639. The average molecular weight is 219 g/mol. The van der Waals surface area contributed by atoms with Gasteiger partial charge < -0.3 is 5.11 Å². The molecule has 0 aliphatic carbocycles. The van der Waals surface area contributed by atoms with E-state index in [0.29, 0.717) is 6.42 Å².